The molecule has 2 unspecified atom stereocenters. The highest BCUT2D eigenvalue weighted by molar-refractivity contribution is 5.80. The first-order valence-electron chi connectivity index (χ1n) is 5.31. The number of rotatable bonds is 9. The highest BCUT2D eigenvalue weighted by Crippen LogP contribution is 1.87. The average Bonchev–Trinajstić information content (AvgIpc) is 2.30. The van der Waals surface area contributed by atoms with E-state index in [4.69, 9.17) is 9.47 Å². The Bertz CT molecular complexity index is 190. The molecule has 0 radical (unpaired) electrons. The van der Waals surface area contributed by atoms with Crippen LogP contribution >= 0.6 is 0 Å². The smallest absolute Gasteiger partial charge is 0.236 e. The Labute approximate surface area is 96.3 Å². The number of aliphatic hydroxyl groups is 1. The lowest BCUT2D eigenvalue weighted by molar-refractivity contribution is -0.122. The summed E-state index contributed by atoms with van der Waals surface area (Å²) in [5.41, 5.74) is 0. The summed E-state index contributed by atoms with van der Waals surface area (Å²) in [6, 6.07) is -0.321. The second kappa shape index (κ2) is 9.53. The first kappa shape index (κ1) is 15.3. The van der Waals surface area contributed by atoms with Gasteiger partial charge in [-0.1, -0.05) is 0 Å². The van der Waals surface area contributed by atoms with E-state index >= 15 is 0 Å². The Morgan fingerprint density at radius 1 is 1.44 bits per heavy atom. The van der Waals surface area contributed by atoms with E-state index in [1.807, 2.05) is 0 Å². The maximum Gasteiger partial charge on any atom is 0.236 e. The molecule has 2 atom stereocenters. The van der Waals surface area contributed by atoms with Crippen LogP contribution in [-0.2, 0) is 14.3 Å². The number of likely N-dealkylation sites (N-methyl/N-ethyl adjacent to an activating group) is 1. The number of nitrogens with one attached hydrogen (secondary N) is 2. The van der Waals surface area contributed by atoms with E-state index in [0.29, 0.717) is 19.8 Å². The number of methoxy groups -OCH3 is 1. The summed E-state index contributed by atoms with van der Waals surface area (Å²) in [5, 5.41) is 14.9. The molecule has 16 heavy (non-hydrogen) atoms. The summed E-state index contributed by atoms with van der Waals surface area (Å²) >= 11 is 0. The molecule has 6 heteroatoms. The Hall–Kier alpha value is -0.690. The quantitative estimate of drug-likeness (QED) is 0.434. The van der Waals surface area contributed by atoms with Gasteiger partial charge in [-0.3, -0.25) is 4.79 Å². The standard InChI is InChI=1S/C10H22N2O4/c1-8(10(14)11-2)12-6-9(13)7-16-5-4-15-3/h8-9,12-13H,4-7H2,1-3H3,(H,11,14). The molecule has 6 nitrogen and oxygen atoms in total. The van der Waals surface area contributed by atoms with Crippen molar-refractivity contribution >= 4 is 5.91 Å². The van der Waals surface area contributed by atoms with Gasteiger partial charge in [-0.2, -0.15) is 0 Å². The van der Waals surface area contributed by atoms with Crippen molar-refractivity contribution in [3.63, 3.8) is 0 Å². The molecule has 0 aliphatic carbocycles. The molecule has 0 spiro atoms. The first-order chi connectivity index (χ1) is 7.61. The van der Waals surface area contributed by atoms with Crippen molar-refractivity contribution in [2.75, 3.05) is 40.5 Å². The van der Waals surface area contributed by atoms with Crippen molar-refractivity contribution < 1.29 is 19.4 Å². The summed E-state index contributed by atoms with van der Waals surface area (Å²) in [7, 11) is 3.16. The number of ether oxygens (including phenoxy) is 2. The Balaban J connectivity index is 3.49. The first-order valence-corrected chi connectivity index (χ1v) is 5.31. The number of amides is 1. The van der Waals surface area contributed by atoms with Crippen LogP contribution in [0, 0.1) is 0 Å². The molecule has 0 aliphatic rings. The van der Waals surface area contributed by atoms with Crippen LogP contribution < -0.4 is 10.6 Å². The van der Waals surface area contributed by atoms with Crippen molar-refractivity contribution in [1.29, 1.82) is 0 Å². The minimum Gasteiger partial charge on any atom is -0.389 e. The second-order valence-corrected chi connectivity index (χ2v) is 3.47. The predicted octanol–water partition coefficient (Wildman–Crippen LogP) is -1.27. The van der Waals surface area contributed by atoms with Gasteiger partial charge in [0.25, 0.3) is 0 Å². The lowest BCUT2D eigenvalue weighted by Gasteiger charge is -2.16. The molecule has 0 rings (SSSR count). The molecule has 0 bridgehead atoms. The number of hydrogen-bond donors (Lipinski definition) is 3. The molecule has 0 fully saturated rings. The van der Waals surface area contributed by atoms with Gasteiger partial charge in [-0.25, -0.2) is 0 Å². The maximum absolute atomic E-state index is 11.1. The molecule has 96 valence electrons. The SMILES string of the molecule is CNC(=O)C(C)NCC(O)COCCOC. The number of carbonyl (C=O) groups excluding carboxylic acids is 1. The largest absolute Gasteiger partial charge is 0.389 e. The molecule has 0 aromatic rings. The zero-order valence-electron chi connectivity index (χ0n) is 10.2. The van der Waals surface area contributed by atoms with Crippen LogP contribution in [0.3, 0.4) is 0 Å². The molecule has 0 saturated heterocycles. The second-order valence-electron chi connectivity index (χ2n) is 3.47. The fourth-order valence-corrected chi connectivity index (χ4v) is 1.04. The topological polar surface area (TPSA) is 79.8 Å². The highest BCUT2D eigenvalue weighted by Gasteiger charge is 2.12. The van der Waals surface area contributed by atoms with Gasteiger partial charge in [-0.15, -0.1) is 0 Å². The Kier molecular flexibility index (Phi) is 9.12. The van der Waals surface area contributed by atoms with Gasteiger partial charge >= 0.3 is 0 Å². The van der Waals surface area contributed by atoms with Crippen LogP contribution in [0.5, 0.6) is 0 Å². The molecule has 0 saturated carbocycles. The number of hydrogen-bond acceptors (Lipinski definition) is 5. The van der Waals surface area contributed by atoms with E-state index in [1.54, 1.807) is 21.1 Å². The summed E-state index contributed by atoms with van der Waals surface area (Å²) in [4.78, 5) is 11.1. The molecule has 1 amide bonds. The van der Waals surface area contributed by atoms with Crippen molar-refractivity contribution in [3.05, 3.63) is 0 Å². The maximum atomic E-state index is 11.1. The molecule has 0 heterocycles. The number of carbonyl (C=O) groups is 1. The van der Waals surface area contributed by atoms with E-state index in [2.05, 4.69) is 10.6 Å². The van der Waals surface area contributed by atoms with Crippen LogP contribution in [0.25, 0.3) is 0 Å². The Morgan fingerprint density at radius 3 is 2.69 bits per heavy atom. The lowest BCUT2D eigenvalue weighted by Crippen LogP contribution is -2.44. The third-order valence-electron chi connectivity index (χ3n) is 2.04. The summed E-state index contributed by atoms with van der Waals surface area (Å²) in [6.45, 7) is 3.25. The van der Waals surface area contributed by atoms with E-state index in [1.165, 1.54) is 0 Å². The van der Waals surface area contributed by atoms with Crippen LogP contribution in [-0.4, -0.2) is 63.7 Å². The van der Waals surface area contributed by atoms with Crippen molar-refractivity contribution in [1.82, 2.24) is 10.6 Å². The van der Waals surface area contributed by atoms with Crippen molar-refractivity contribution in [2.24, 2.45) is 0 Å². The monoisotopic (exact) mass is 234 g/mol. The molecule has 3 N–H and O–H groups in total. The van der Waals surface area contributed by atoms with Crippen LogP contribution in [0.1, 0.15) is 6.92 Å². The Morgan fingerprint density at radius 2 is 2.12 bits per heavy atom. The molecular weight excluding hydrogens is 212 g/mol. The van der Waals surface area contributed by atoms with E-state index < -0.39 is 6.10 Å². The van der Waals surface area contributed by atoms with Gasteiger partial charge < -0.3 is 25.2 Å². The van der Waals surface area contributed by atoms with Crippen molar-refractivity contribution in [3.8, 4) is 0 Å². The number of aliphatic hydroxyl groups excluding tert-OH is 1. The summed E-state index contributed by atoms with van der Waals surface area (Å²) < 4.78 is 9.93. The minimum absolute atomic E-state index is 0.104. The third kappa shape index (κ3) is 7.58. The highest BCUT2D eigenvalue weighted by atomic mass is 16.5. The van der Waals surface area contributed by atoms with Crippen LogP contribution in [0.2, 0.25) is 0 Å². The fourth-order valence-electron chi connectivity index (χ4n) is 1.04. The molecule has 0 aliphatic heterocycles. The minimum atomic E-state index is -0.621. The normalized spacial score (nSPS) is 14.5. The third-order valence-corrected chi connectivity index (χ3v) is 2.04. The van der Waals surface area contributed by atoms with Gasteiger partial charge in [0.05, 0.1) is 32.0 Å². The lowest BCUT2D eigenvalue weighted by atomic mass is 10.3. The van der Waals surface area contributed by atoms with Gasteiger partial charge in [0.1, 0.15) is 0 Å². The summed E-state index contributed by atoms with van der Waals surface area (Å²) in [5.74, 6) is -0.104. The molecular formula is C10H22N2O4. The zero-order valence-corrected chi connectivity index (χ0v) is 10.2. The van der Waals surface area contributed by atoms with E-state index in [-0.39, 0.29) is 18.6 Å². The van der Waals surface area contributed by atoms with Gasteiger partial charge in [0, 0.05) is 20.7 Å². The fraction of sp³-hybridized carbons (Fsp3) is 0.900. The van der Waals surface area contributed by atoms with Crippen LogP contribution in [0.15, 0.2) is 0 Å². The predicted molar refractivity (Wildman–Crippen MR) is 60.2 cm³/mol. The van der Waals surface area contributed by atoms with Gasteiger partial charge in [-0.05, 0) is 6.92 Å². The van der Waals surface area contributed by atoms with E-state index in [9.17, 15) is 9.90 Å². The van der Waals surface area contributed by atoms with E-state index in [0.717, 1.165) is 0 Å². The molecule has 0 aromatic carbocycles. The summed E-state index contributed by atoms with van der Waals surface area (Å²) in [6.07, 6.45) is -0.621. The molecule has 0 aromatic heterocycles. The van der Waals surface area contributed by atoms with Crippen molar-refractivity contribution in [2.45, 2.75) is 19.1 Å². The van der Waals surface area contributed by atoms with Gasteiger partial charge in [0.15, 0.2) is 0 Å². The van der Waals surface area contributed by atoms with Gasteiger partial charge in [0.2, 0.25) is 5.91 Å². The average molecular weight is 234 g/mol. The van der Waals surface area contributed by atoms with Crippen LogP contribution in [0.4, 0.5) is 0 Å². The zero-order chi connectivity index (χ0) is 12.4.